The van der Waals surface area contributed by atoms with Gasteiger partial charge in [-0.05, 0) is 0 Å². The van der Waals surface area contributed by atoms with Crippen molar-refractivity contribution < 1.29 is 23.2 Å². The summed E-state index contributed by atoms with van der Waals surface area (Å²) >= 11 is -0.540. The molecule has 0 fully saturated rings. The maximum atomic E-state index is 2.49. The van der Waals surface area contributed by atoms with Gasteiger partial charge in [0, 0.05) is 0 Å². The van der Waals surface area contributed by atoms with Gasteiger partial charge in [0.25, 0.3) is 0 Å². The molecule has 0 atom stereocenters. The van der Waals surface area contributed by atoms with Crippen molar-refractivity contribution in [3.63, 3.8) is 0 Å². The minimum atomic E-state index is -0.540. The molecule has 0 aliphatic heterocycles. The fraction of sp³-hybridized carbons (Fsp3) is 0.765. The first-order valence-corrected chi connectivity index (χ1v) is 18.3. The Kier molecular flexibility index (Phi) is 26.9. The smallest absolute Gasteiger partial charge is 0.147 e. The zero-order valence-corrected chi connectivity index (χ0v) is 28.7. The van der Waals surface area contributed by atoms with E-state index in [9.17, 15) is 0 Å². The van der Waals surface area contributed by atoms with Gasteiger partial charge in [-0.3, -0.25) is 0 Å². The van der Waals surface area contributed by atoms with E-state index >= 15 is 0 Å². The Morgan fingerprint density at radius 3 is 1.08 bits per heavy atom. The predicted molar refractivity (Wildman–Crippen MR) is 169 cm³/mol. The second-order valence-corrected chi connectivity index (χ2v) is 14.8. The summed E-state index contributed by atoms with van der Waals surface area (Å²) in [5, 5.41) is 0. The van der Waals surface area contributed by atoms with Gasteiger partial charge in [-0.25, -0.2) is 0 Å². The molecule has 0 saturated carbocycles. The van der Waals surface area contributed by atoms with E-state index in [1.54, 1.807) is 11.1 Å². The molecule has 3 heteroatoms. The van der Waals surface area contributed by atoms with Crippen LogP contribution in [-0.4, -0.2) is 0 Å². The molecule has 2 aliphatic rings. The first kappa shape index (κ1) is 37.4. The quantitative estimate of drug-likeness (QED) is 0.0931. The van der Waals surface area contributed by atoms with Crippen molar-refractivity contribution in [3.05, 3.63) is 42.0 Å². The number of allylic oxidation sites excluding steroid dienone is 8. The summed E-state index contributed by atoms with van der Waals surface area (Å²) in [5.41, 5.74) is 3.52. The van der Waals surface area contributed by atoms with Crippen LogP contribution in [-0.2, 0) is 23.2 Å². The fourth-order valence-electron chi connectivity index (χ4n) is 5.62. The summed E-state index contributed by atoms with van der Waals surface area (Å²) in [4.78, 5) is 0. The van der Waals surface area contributed by atoms with E-state index in [-0.39, 0.29) is 24.8 Å². The van der Waals surface area contributed by atoms with E-state index in [1.807, 2.05) is 6.56 Å². The van der Waals surface area contributed by atoms with Gasteiger partial charge in [0.1, 0.15) is 0 Å². The second kappa shape index (κ2) is 26.6. The van der Waals surface area contributed by atoms with Crippen LogP contribution in [0.5, 0.6) is 0 Å². The van der Waals surface area contributed by atoms with E-state index in [2.05, 4.69) is 38.2 Å². The van der Waals surface area contributed by atoms with Gasteiger partial charge in [-0.2, -0.15) is 0 Å². The largest absolute Gasteiger partial charge is 0.147 e. The third-order valence-corrected chi connectivity index (χ3v) is 12.0. The molecule has 2 rings (SSSR count). The number of unbranched alkanes of at least 4 members (excludes halogenated alkanes) is 18. The first-order chi connectivity index (χ1) is 17.3. The van der Waals surface area contributed by atoms with E-state index < -0.39 is 23.2 Å². The third-order valence-electron chi connectivity index (χ3n) is 7.96. The molecule has 0 radical (unpaired) electrons. The topological polar surface area (TPSA) is 0 Å². The van der Waals surface area contributed by atoms with Crippen molar-refractivity contribution in [2.24, 2.45) is 0 Å². The molecule has 0 N–H and O–H groups in total. The Morgan fingerprint density at radius 1 is 0.459 bits per heavy atom. The average Bonchev–Trinajstić information content (AvgIpc) is 3.51. The Balaban J connectivity index is 0.00000648. The molecule has 0 amide bonds. The molecule has 37 heavy (non-hydrogen) atoms. The summed E-state index contributed by atoms with van der Waals surface area (Å²) in [6.45, 7) is 4.62. The SMILES string of the molecule is CCCCCCCCCCCCC1=[C]([Zr][C]2=C(CCCCCCCCCCCC)C=CC2)CC=C1.Cl.Cl. The number of hydrogen-bond donors (Lipinski definition) is 0. The van der Waals surface area contributed by atoms with Gasteiger partial charge in [-0.1, -0.05) is 26.7 Å². The zero-order valence-electron chi connectivity index (χ0n) is 24.6. The standard InChI is InChI=1S/2C17H29.2ClH.Zr/c2*1-2-3-4-5-6-7-8-9-10-11-14-17-15-12-13-16-17;;;/h2*12,15H,2-11,13-14H2,1H3;2*1H;. The molecule has 0 saturated heterocycles. The molecule has 0 heterocycles. The normalized spacial score (nSPS) is 14.4. The Bertz CT molecular complexity index is 603. The minimum absolute atomic E-state index is 0. The molecule has 0 aromatic heterocycles. The van der Waals surface area contributed by atoms with Crippen molar-refractivity contribution in [2.45, 2.75) is 168 Å². The molecular formula is C34H60Cl2Zr. The van der Waals surface area contributed by atoms with Crippen molar-refractivity contribution >= 4 is 24.8 Å². The van der Waals surface area contributed by atoms with Crippen LogP contribution in [0.15, 0.2) is 42.0 Å². The van der Waals surface area contributed by atoms with E-state index in [4.69, 9.17) is 0 Å². The number of rotatable bonds is 24. The molecule has 0 spiro atoms. The molecular weight excluding hydrogens is 571 g/mol. The van der Waals surface area contributed by atoms with Crippen LogP contribution in [0.2, 0.25) is 0 Å². The molecule has 2 aliphatic carbocycles. The zero-order chi connectivity index (χ0) is 24.8. The van der Waals surface area contributed by atoms with Gasteiger partial charge in [0.05, 0.1) is 0 Å². The summed E-state index contributed by atoms with van der Waals surface area (Å²) in [6.07, 6.45) is 44.1. The number of hydrogen-bond acceptors (Lipinski definition) is 0. The number of halogens is 2. The first-order valence-electron chi connectivity index (χ1n) is 15.9. The summed E-state index contributed by atoms with van der Waals surface area (Å²) in [6, 6.07) is 0. The van der Waals surface area contributed by atoms with Crippen LogP contribution in [0, 0.1) is 0 Å². The van der Waals surface area contributed by atoms with E-state index in [1.165, 1.54) is 154 Å². The molecule has 0 nitrogen and oxygen atoms in total. The van der Waals surface area contributed by atoms with Crippen molar-refractivity contribution in [1.82, 2.24) is 0 Å². The summed E-state index contributed by atoms with van der Waals surface area (Å²) in [7, 11) is 0. The van der Waals surface area contributed by atoms with Crippen LogP contribution in [0.1, 0.15) is 168 Å². The fourth-order valence-corrected chi connectivity index (χ4v) is 9.41. The van der Waals surface area contributed by atoms with Crippen LogP contribution >= 0.6 is 24.8 Å². The van der Waals surface area contributed by atoms with Crippen molar-refractivity contribution in [2.75, 3.05) is 0 Å². The maximum absolute atomic E-state index is 2.49. The van der Waals surface area contributed by atoms with Crippen LogP contribution in [0.3, 0.4) is 0 Å². The maximum Gasteiger partial charge on any atom is -0.147 e. The minimum Gasteiger partial charge on any atom is -0.147 e. The molecule has 0 aromatic rings. The van der Waals surface area contributed by atoms with E-state index in [0.717, 1.165) is 0 Å². The van der Waals surface area contributed by atoms with Crippen LogP contribution in [0.25, 0.3) is 0 Å². The van der Waals surface area contributed by atoms with Gasteiger partial charge in [-0.15, -0.1) is 24.8 Å². The summed E-state index contributed by atoms with van der Waals surface area (Å²) in [5.74, 6) is 0. The Morgan fingerprint density at radius 2 is 0.757 bits per heavy atom. The Labute approximate surface area is 256 Å². The van der Waals surface area contributed by atoms with Crippen LogP contribution in [0.4, 0.5) is 0 Å². The third kappa shape index (κ3) is 18.4. The second-order valence-electron chi connectivity index (χ2n) is 11.2. The van der Waals surface area contributed by atoms with Crippen molar-refractivity contribution in [3.8, 4) is 0 Å². The predicted octanol–water partition coefficient (Wildman–Crippen LogP) is 13.0. The van der Waals surface area contributed by atoms with Gasteiger partial charge in [0.2, 0.25) is 0 Å². The van der Waals surface area contributed by atoms with Crippen molar-refractivity contribution in [1.29, 1.82) is 0 Å². The van der Waals surface area contributed by atoms with Gasteiger partial charge in [0.15, 0.2) is 0 Å². The van der Waals surface area contributed by atoms with Crippen LogP contribution < -0.4 is 0 Å². The van der Waals surface area contributed by atoms with Gasteiger partial charge < -0.3 is 0 Å². The monoisotopic (exact) mass is 628 g/mol. The van der Waals surface area contributed by atoms with E-state index in [0.29, 0.717) is 0 Å². The average molecular weight is 631 g/mol. The summed E-state index contributed by atoms with van der Waals surface area (Å²) < 4.78 is 3.81. The Hall–Kier alpha value is 0.423. The molecule has 0 aromatic carbocycles. The van der Waals surface area contributed by atoms with Gasteiger partial charge >= 0.3 is 207 Å². The molecule has 0 bridgehead atoms. The molecule has 0 unspecified atom stereocenters. The molecule has 214 valence electrons.